The van der Waals surface area contributed by atoms with Crippen molar-refractivity contribution in [3.8, 4) is 0 Å². The summed E-state index contributed by atoms with van der Waals surface area (Å²) in [4.78, 5) is 0. The minimum atomic E-state index is 0.0666. The van der Waals surface area contributed by atoms with Gasteiger partial charge < -0.3 is 10.1 Å². The van der Waals surface area contributed by atoms with Gasteiger partial charge in [0.05, 0.1) is 5.60 Å². The minimum Gasteiger partial charge on any atom is -0.374 e. The van der Waals surface area contributed by atoms with Crippen molar-refractivity contribution in [3.05, 3.63) is 12.7 Å². The van der Waals surface area contributed by atoms with Gasteiger partial charge in [-0.15, -0.1) is 6.58 Å². The van der Waals surface area contributed by atoms with E-state index >= 15 is 0 Å². The maximum Gasteiger partial charge on any atom is 0.0807 e. The molecular formula is C13H25NO. The molecule has 1 N–H and O–H groups in total. The molecule has 0 radical (unpaired) electrons. The zero-order chi connectivity index (χ0) is 11.1. The molecule has 1 saturated heterocycles. The van der Waals surface area contributed by atoms with Crippen LogP contribution in [-0.2, 0) is 4.74 Å². The maximum atomic E-state index is 5.90. The highest BCUT2D eigenvalue weighted by molar-refractivity contribution is 4.92. The van der Waals surface area contributed by atoms with Gasteiger partial charge in [-0.25, -0.2) is 0 Å². The fourth-order valence-electron chi connectivity index (χ4n) is 2.41. The number of hydrogen-bond acceptors (Lipinski definition) is 2. The van der Waals surface area contributed by atoms with Gasteiger partial charge in [-0.1, -0.05) is 13.0 Å². The van der Waals surface area contributed by atoms with Crippen molar-refractivity contribution in [1.29, 1.82) is 0 Å². The molecule has 0 bridgehead atoms. The van der Waals surface area contributed by atoms with E-state index in [2.05, 4.69) is 25.7 Å². The predicted molar refractivity (Wildman–Crippen MR) is 65.1 cm³/mol. The third-order valence-electron chi connectivity index (χ3n) is 3.34. The van der Waals surface area contributed by atoms with E-state index in [4.69, 9.17) is 4.74 Å². The fraction of sp³-hybridized carbons (Fsp3) is 0.846. The molecule has 0 amide bonds. The van der Waals surface area contributed by atoms with Gasteiger partial charge in [0, 0.05) is 12.6 Å². The molecule has 1 rings (SSSR count). The van der Waals surface area contributed by atoms with Crippen LogP contribution in [0.25, 0.3) is 0 Å². The second-order valence-electron chi connectivity index (χ2n) is 4.59. The molecule has 0 aromatic heterocycles. The first-order valence-electron chi connectivity index (χ1n) is 6.21. The summed E-state index contributed by atoms with van der Waals surface area (Å²) in [6.45, 7) is 10.1. The Kier molecular flexibility index (Phi) is 5.34. The van der Waals surface area contributed by atoms with Crippen LogP contribution in [0.4, 0.5) is 0 Å². The van der Waals surface area contributed by atoms with Gasteiger partial charge in [0.25, 0.3) is 0 Å². The van der Waals surface area contributed by atoms with E-state index in [1.165, 1.54) is 25.7 Å². The van der Waals surface area contributed by atoms with Gasteiger partial charge >= 0.3 is 0 Å². The highest BCUT2D eigenvalue weighted by Crippen LogP contribution is 2.30. The van der Waals surface area contributed by atoms with Gasteiger partial charge in [0.15, 0.2) is 0 Å². The molecule has 1 fully saturated rings. The summed E-state index contributed by atoms with van der Waals surface area (Å²) in [5.74, 6) is 0. The molecule has 2 nitrogen and oxygen atoms in total. The molecule has 2 atom stereocenters. The van der Waals surface area contributed by atoms with E-state index in [9.17, 15) is 0 Å². The first-order valence-corrected chi connectivity index (χ1v) is 6.21. The average Bonchev–Trinajstić information content (AvgIpc) is 2.65. The Morgan fingerprint density at radius 1 is 1.60 bits per heavy atom. The Morgan fingerprint density at radius 2 is 2.40 bits per heavy atom. The van der Waals surface area contributed by atoms with Gasteiger partial charge in [0.2, 0.25) is 0 Å². The quantitative estimate of drug-likeness (QED) is 0.516. The van der Waals surface area contributed by atoms with Crippen molar-refractivity contribution in [2.45, 2.75) is 57.6 Å². The summed E-state index contributed by atoms with van der Waals surface area (Å²) in [5, 5.41) is 3.56. The number of ether oxygens (including phenoxy) is 1. The summed E-state index contributed by atoms with van der Waals surface area (Å²) in [6.07, 6.45) is 7.91. The Labute approximate surface area is 94.1 Å². The Bertz CT molecular complexity index is 185. The van der Waals surface area contributed by atoms with Gasteiger partial charge in [-0.2, -0.15) is 0 Å². The molecule has 1 heterocycles. The number of rotatable bonds is 7. The molecule has 2 unspecified atom stereocenters. The number of likely N-dealkylation sites (N-methyl/N-ethyl adjacent to an activating group) is 1. The molecule has 0 aromatic carbocycles. The highest BCUT2D eigenvalue weighted by Gasteiger charge is 2.37. The molecular weight excluding hydrogens is 186 g/mol. The predicted octanol–water partition coefficient (Wildman–Crippen LogP) is 2.89. The lowest BCUT2D eigenvalue weighted by Crippen LogP contribution is -2.48. The lowest BCUT2D eigenvalue weighted by atomic mass is 9.89. The van der Waals surface area contributed by atoms with E-state index in [0.717, 1.165) is 19.6 Å². The average molecular weight is 211 g/mol. The van der Waals surface area contributed by atoms with Crippen LogP contribution in [0, 0.1) is 0 Å². The normalized spacial score (nSPS) is 27.9. The summed E-state index contributed by atoms with van der Waals surface area (Å²) in [5.41, 5.74) is 0.0666. The van der Waals surface area contributed by atoms with Crippen molar-refractivity contribution >= 4 is 0 Å². The number of allylic oxidation sites excluding steroid dienone is 1. The lowest BCUT2D eigenvalue weighted by Gasteiger charge is -2.34. The number of nitrogens with one attached hydrogen (secondary N) is 1. The van der Waals surface area contributed by atoms with Crippen LogP contribution >= 0.6 is 0 Å². The number of unbranched alkanes of at least 4 members (excludes halogenated alkanes) is 1. The summed E-state index contributed by atoms with van der Waals surface area (Å²) >= 11 is 0. The van der Waals surface area contributed by atoms with E-state index in [1.807, 2.05) is 6.08 Å². The van der Waals surface area contributed by atoms with Gasteiger partial charge in [-0.3, -0.25) is 0 Å². The van der Waals surface area contributed by atoms with Crippen LogP contribution in [-0.4, -0.2) is 24.8 Å². The zero-order valence-corrected chi connectivity index (χ0v) is 10.2. The first kappa shape index (κ1) is 12.7. The summed E-state index contributed by atoms with van der Waals surface area (Å²) in [6, 6.07) is 0.505. The molecule has 1 aliphatic heterocycles. The van der Waals surface area contributed by atoms with Crippen molar-refractivity contribution in [2.24, 2.45) is 0 Å². The highest BCUT2D eigenvalue weighted by atomic mass is 16.5. The van der Waals surface area contributed by atoms with Crippen molar-refractivity contribution in [1.82, 2.24) is 5.32 Å². The smallest absolute Gasteiger partial charge is 0.0807 e. The zero-order valence-electron chi connectivity index (χ0n) is 10.2. The Morgan fingerprint density at radius 3 is 2.93 bits per heavy atom. The van der Waals surface area contributed by atoms with E-state index in [1.54, 1.807) is 0 Å². The first-order chi connectivity index (χ1) is 7.23. The van der Waals surface area contributed by atoms with E-state index in [0.29, 0.717) is 6.04 Å². The molecule has 2 heteroatoms. The molecule has 0 aromatic rings. The van der Waals surface area contributed by atoms with Crippen LogP contribution in [0.5, 0.6) is 0 Å². The standard InChI is InChI=1S/C13H25NO/c1-4-6-7-9-12(14-5-2)13(3)10-8-11-15-13/h4,12,14H,1,5-11H2,2-3H3. The monoisotopic (exact) mass is 211 g/mol. The molecule has 1 aliphatic rings. The third kappa shape index (κ3) is 3.62. The second kappa shape index (κ2) is 6.29. The minimum absolute atomic E-state index is 0.0666. The van der Waals surface area contributed by atoms with E-state index < -0.39 is 0 Å². The SMILES string of the molecule is C=CCCCC(NCC)C1(C)CCCO1. The van der Waals surface area contributed by atoms with Gasteiger partial charge in [-0.05, 0) is 45.6 Å². The molecule has 0 spiro atoms. The van der Waals surface area contributed by atoms with Crippen LogP contribution < -0.4 is 5.32 Å². The summed E-state index contributed by atoms with van der Waals surface area (Å²) < 4.78 is 5.90. The van der Waals surface area contributed by atoms with Crippen molar-refractivity contribution < 1.29 is 4.74 Å². The van der Waals surface area contributed by atoms with Crippen LogP contribution in [0.2, 0.25) is 0 Å². The van der Waals surface area contributed by atoms with Crippen molar-refractivity contribution in [3.63, 3.8) is 0 Å². The van der Waals surface area contributed by atoms with Crippen molar-refractivity contribution in [2.75, 3.05) is 13.2 Å². The third-order valence-corrected chi connectivity index (χ3v) is 3.34. The largest absolute Gasteiger partial charge is 0.374 e. The maximum absolute atomic E-state index is 5.90. The molecule has 0 saturated carbocycles. The van der Waals surface area contributed by atoms with Crippen LogP contribution in [0.15, 0.2) is 12.7 Å². The Hall–Kier alpha value is -0.340. The van der Waals surface area contributed by atoms with Crippen LogP contribution in [0.1, 0.15) is 46.0 Å². The fourth-order valence-corrected chi connectivity index (χ4v) is 2.41. The molecule has 88 valence electrons. The van der Waals surface area contributed by atoms with Crippen LogP contribution in [0.3, 0.4) is 0 Å². The number of hydrogen-bond donors (Lipinski definition) is 1. The Balaban J connectivity index is 2.44. The topological polar surface area (TPSA) is 21.3 Å². The summed E-state index contributed by atoms with van der Waals surface area (Å²) in [7, 11) is 0. The van der Waals surface area contributed by atoms with Gasteiger partial charge in [0.1, 0.15) is 0 Å². The molecule has 15 heavy (non-hydrogen) atoms. The molecule has 0 aliphatic carbocycles. The van der Waals surface area contributed by atoms with E-state index in [-0.39, 0.29) is 5.60 Å². The second-order valence-corrected chi connectivity index (χ2v) is 4.59. The lowest BCUT2D eigenvalue weighted by molar-refractivity contribution is -0.0138.